The van der Waals surface area contributed by atoms with Crippen LogP contribution < -0.4 is 20.3 Å². The van der Waals surface area contributed by atoms with E-state index in [9.17, 15) is 9.90 Å². The van der Waals surface area contributed by atoms with E-state index in [4.69, 9.17) is 4.74 Å². The molecule has 0 heterocycles. The van der Waals surface area contributed by atoms with Gasteiger partial charge in [0.1, 0.15) is 0 Å². The summed E-state index contributed by atoms with van der Waals surface area (Å²) in [5.74, 6) is 0.469. The minimum Gasteiger partial charge on any atom is -0.504 e. The lowest BCUT2D eigenvalue weighted by Gasteiger charge is -2.13. The summed E-state index contributed by atoms with van der Waals surface area (Å²) >= 11 is 0. The summed E-state index contributed by atoms with van der Waals surface area (Å²) < 4.78 is 5.05. The van der Waals surface area contributed by atoms with E-state index in [2.05, 4.69) is 34.9 Å². The van der Waals surface area contributed by atoms with Gasteiger partial charge in [0, 0.05) is 32.9 Å². The fourth-order valence-electron chi connectivity index (χ4n) is 2.36. The third-order valence-electron chi connectivity index (χ3n) is 3.85. The molecule has 25 heavy (non-hydrogen) atoms. The Bertz CT molecular complexity index is 700. The van der Waals surface area contributed by atoms with Crippen molar-refractivity contribution in [2.24, 2.45) is 0 Å². The quantitative estimate of drug-likeness (QED) is 0.722. The van der Waals surface area contributed by atoms with Crippen molar-refractivity contribution in [2.75, 3.05) is 32.6 Å². The Morgan fingerprint density at radius 1 is 1.08 bits per heavy atom. The topological polar surface area (TPSA) is 73.8 Å². The van der Waals surface area contributed by atoms with Crippen LogP contribution in [0.3, 0.4) is 0 Å². The Balaban J connectivity index is 1.73. The molecule has 0 unspecified atom stereocenters. The van der Waals surface area contributed by atoms with E-state index in [-0.39, 0.29) is 11.8 Å². The van der Waals surface area contributed by atoms with E-state index in [1.807, 2.05) is 19.0 Å². The number of carbonyl (C=O) groups is 1. The molecule has 6 nitrogen and oxygen atoms in total. The second-order valence-corrected chi connectivity index (χ2v) is 5.93. The summed E-state index contributed by atoms with van der Waals surface area (Å²) in [6, 6.07) is 13.0. The van der Waals surface area contributed by atoms with Gasteiger partial charge in [-0.2, -0.15) is 0 Å². The minimum atomic E-state index is -0.225. The van der Waals surface area contributed by atoms with E-state index < -0.39 is 0 Å². The first-order valence-electron chi connectivity index (χ1n) is 8.13. The SMILES string of the molecule is COc1cc(CNC(=O)NCCc2ccc(N(C)C)cc2)ccc1O. The number of amides is 2. The number of benzene rings is 2. The van der Waals surface area contributed by atoms with Gasteiger partial charge in [-0.25, -0.2) is 4.79 Å². The zero-order valence-corrected chi connectivity index (χ0v) is 14.9. The summed E-state index contributed by atoms with van der Waals surface area (Å²) in [5.41, 5.74) is 3.18. The molecular formula is C19H25N3O3. The summed E-state index contributed by atoms with van der Waals surface area (Å²) in [6.45, 7) is 0.923. The van der Waals surface area contributed by atoms with Crippen LogP contribution in [-0.4, -0.2) is 38.9 Å². The molecule has 2 aromatic carbocycles. The Hall–Kier alpha value is -2.89. The number of ether oxygens (including phenoxy) is 1. The highest BCUT2D eigenvalue weighted by molar-refractivity contribution is 5.73. The van der Waals surface area contributed by atoms with Crippen molar-refractivity contribution in [2.45, 2.75) is 13.0 Å². The molecule has 134 valence electrons. The molecule has 0 saturated heterocycles. The number of phenolic OH excluding ortho intramolecular Hbond substituents is 1. The van der Waals surface area contributed by atoms with E-state index >= 15 is 0 Å². The number of nitrogens with one attached hydrogen (secondary N) is 2. The molecule has 0 atom stereocenters. The Labute approximate surface area is 148 Å². The second kappa shape index (κ2) is 8.82. The molecule has 0 saturated carbocycles. The van der Waals surface area contributed by atoms with Gasteiger partial charge in [-0.1, -0.05) is 18.2 Å². The smallest absolute Gasteiger partial charge is 0.315 e. The highest BCUT2D eigenvalue weighted by atomic mass is 16.5. The number of anilines is 1. The van der Waals surface area contributed by atoms with Crippen molar-refractivity contribution in [1.29, 1.82) is 0 Å². The standard InChI is InChI=1S/C19H25N3O3/c1-22(2)16-7-4-14(5-8-16)10-11-20-19(24)21-13-15-6-9-17(23)18(12-15)25-3/h4-9,12,23H,10-11,13H2,1-3H3,(H2,20,21,24). The van der Waals surface area contributed by atoms with Crippen LogP contribution in [0, 0.1) is 0 Å². The lowest BCUT2D eigenvalue weighted by molar-refractivity contribution is 0.240. The summed E-state index contributed by atoms with van der Waals surface area (Å²) in [4.78, 5) is 13.9. The highest BCUT2D eigenvalue weighted by Gasteiger charge is 2.05. The van der Waals surface area contributed by atoms with Gasteiger partial charge in [0.05, 0.1) is 7.11 Å². The number of hydrogen-bond acceptors (Lipinski definition) is 4. The minimum absolute atomic E-state index is 0.0796. The molecule has 0 aliphatic rings. The molecule has 0 radical (unpaired) electrons. The second-order valence-electron chi connectivity index (χ2n) is 5.93. The fourth-order valence-corrected chi connectivity index (χ4v) is 2.36. The molecule has 0 fully saturated rings. The third kappa shape index (κ3) is 5.60. The van der Waals surface area contributed by atoms with Crippen LogP contribution in [0.5, 0.6) is 11.5 Å². The van der Waals surface area contributed by atoms with Crippen LogP contribution >= 0.6 is 0 Å². The molecule has 0 spiro atoms. The molecule has 0 aromatic heterocycles. The molecule has 2 aromatic rings. The number of urea groups is 1. The third-order valence-corrected chi connectivity index (χ3v) is 3.85. The van der Waals surface area contributed by atoms with Gasteiger partial charge < -0.3 is 25.4 Å². The van der Waals surface area contributed by atoms with Crippen LogP contribution in [0.4, 0.5) is 10.5 Å². The average Bonchev–Trinajstić information content (AvgIpc) is 2.61. The van der Waals surface area contributed by atoms with Crippen molar-refractivity contribution >= 4 is 11.7 Å². The van der Waals surface area contributed by atoms with Gasteiger partial charge in [0.25, 0.3) is 0 Å². The van der Waals surface area contributed by atoms with Gasteiger partial charge in [-0.15, -0.1) is 0 Å². The van der Waals surface area contributed by atoms with Crippen LogP contribution in [0.2, 0.25) is 0 Å². The maximum Gasteiger partial charge on any atom is 0.315 e. The zero-order valence-electron chi connectivity index (χ0n) is 14.9. The summed E-state index contributed by atoms with van der Waals surface area (Å²) in [6.07, 6.45) is 0.772. The van der Waals surface area contributed by atoms with Crippen LogP contribution in [0.25, 0.3) is 0 Å². The van der Waals surface area contributed by atoms with Crippen LogP contribution in [-0.2, 0) is 13.0 Å². The molecule has 2 rings (SSSR count). The van der Waals surface area contributed by atoms with Gasteiger partial charge >= 0.3 is 6.03 Å². The predicted molar refractivity (Wildman–Crippen MR) is 99.4 cm³/mol. The van der Waals surface area contributed by atoms with Gasteiger partial charge in [-0.05, 0) is 41.8 Å². The van der Waals surface area contributed by atoms with Crippen molar-refractivity contribution in [3.8, 4) is 11.5 Å². The zero-order chi connectivity index (χ0) is 18.2. The first kappa shape index (κ1) is 18.4. The average molecular weight is 343 g/mol. The van der Waals surface area contributed by atoms with Crippen LogP contribution in [0.15, 0.2) is 42.5 Å². The van der Waals surface area contributed by atoms with Gasteiger partial charge in [0.15, 0.2) is 11.5 Å². The van der Waals surface area contributed by atoms with E-state index in [1.165, 1.54) is 12.7 Å². The summed E-state index contributed by atoms with van der Waals surface area (Å²) in [5, 5.41) is 15.2. The van der Waals surface area contributed by atoms with E-state index in [0.717, 1.165) is 17.7 Å². The maximum atomic E-state index is 11.9. The molecule has 3 N–H and O–H groups in total. The van der Waals surface area contributed by atoms with Crippen LogP contribution in [0.1, 0.15) is 11.1 Å². The van der Waals surface area contributed by atoms with Crippen molar-refractivity contribution in [1.82, 2.24) is 10.6 Å². The molecular weight excluding hydrogens is 318 g/mol. The predicted octanol–water partition coefficient (Wildman–Crippen LogP) is 2.51. The number of nitrogens with zero attached hydrogens (tertiary/aromatic N) is 1. The van der Waals surface area contributed by atoms with Gasteiger partial charge in [0.2, 0.25) is 0 Å². The number of methoxy groups -OCH3 is 1. The monoisotopic (exact) mass is 343 g/mol. The first-order chi connectivity index (χ1) is 12.0. The molecule has 0 bridgehead atoms. The maximum absolute atomic E-state index is 11.9. The lowest BCUT2D eigenvalue weighted by Crippen LogP contribution is -2.36. The largest absolute Gasteiger partial charge is 0.504 e. The van der Waals surface area contributed by atoms with Crippen molar-refractivity contribution in [3.05, 3.63) is 53.6 Å². The van der Waals surface area contributed by atoms with Crippen molar-refractivity contribution in [3.63, 3.8) is 0 Å². The molecule has 0 aliphatic carbocycles. The van der Waals surface area contributed by atoms with E-state index in [1.54, 1.807) is 18.2 Å². The number of aromatic hydroxyl groups is 1. The first-order valence-corrected chi connectivity index (χ1v) is 8.13. The molecule has 6 heteroatoms. The number of carbonyl (C=O) groups excluding carboxylic acids is 1. The highest BCUT2D eigenvalue weighted by Crippen LogP contribution is 2.26. The number of phenols is 1. The molecule has 0 aliphatic heterocycles. The fraction of sp³-hybridized carbons (Fsp3) is 0.316. The van der Waals surface area contributed by atoms with E-state index in [0.29, 0.717) is 18.8 Å². The Kier molecular flexibility index (Phi) is 6.51. The number of hydrogen-bond donors (Lipinski definition) is 3. The lowest BCUT2D eigenvalue weighted by atomic mass is 10.1. The Morgan fingerprint density at radius 3 is 2.40 bits per heavy atom. The van der Waals surface area contributed by atoms with Gasteiger partial charge in [-0.3, -0.25) is 0 Å². The Morgan fingerprint density at radius 2 is 1.76 bits per heavy atom. The normalized spacial score (nSPS) is 10.2. The number of rotatable bonds is 7. The molecule has 2 amide bonds. The summed E-state index contributed by atoms with van der Waals surface area (Å²) in [7, 11) is 5.50. The van der Waals surface area contributed by atoms with Crippen molar-refractivity contribution < 1.29 is 14.6 Å².